The molecule has 0 amide bonds. The lowest BCUT2D eigenvalue weighted by Gasteiger charge is -2.23. The molecule has 1 atom stereocenters. The summed E-state index contributed by atoms with van der Waals surface area (Å²) in [4.78, 5) is 12.1. The second-order valence-corrected chi connectivity index (χ2v) is 5.62. The summed E-state index contributed by atoms with van der Waals surface area (Å²) < 4.78 is 16.2. The van der Waals surface area contributed by atoms with Crippen molar-refractivity contribution in [3.05, 3.63) is 35.9 Å². The Labute approximate surface area is 138 Å². The second kappa shape index (κ2) is 10.4. The van der Waals surface area contributed by atoms with E-state index in [0.29, 0.717) is 13.0 Å². The Balaban J connectivity index is 1.76. The maximum atomic E-state index is 12.1. The van der Waals surface area contributed by atoms with E-state index in [2.05, 4.69) is 5.32 Å². The van der Waals surface area contributed by atoms with Gasteiger partial charge in [0.15, 0.2) is 6.29 Å². The Morgan fingerprint density at radius 3 is 2.74 bits per heavy atom. The first kappa shape index (κ1) is 17.9. The second-order valence-electron chi connectivity index (χ2n) is 5.62. The van der Waals surface area contributed by atoms with Crippen LogP contribution in [0.4, 0.5) is 0 Å². The van der Waals surface area contributed by atoms with E-state index in [9.17, 15) is 4.79 Å². The molecule has 128 valence electrons. The van der Waals surface area contributed by atoms with Gasteiger partial charge in [-0.25, -0.2) is 0 Å². The van der Waals surface area contributed by atoms with Crippen LogP contribution in [0.2, 0.25) is 0 Å². The van der Waals surface area contributed by atoms with Gasteiger partial charge in [-0.05, 0) is 44.7 Å². The van der Waals surface area contributed by atoms with Crippen LogP contribution >= 0.6 is 0 Å². The van der Waals surface area contributed by atoms with Crippen LogP contribution in [-0.2, 0) is 25.4 Å². The molecule has 0 spiro atoms. The SMILES string of the molecule is CCOC(=O)[C@H](Cc1ccccc1)NCCCC1OCCCO1. The molecule has 1 aromatic carbocycles. The van der Waals surface area contributed by atoms with Crippen molar-refractivity contribution in [1.82, 2.24) is 5.32 Å². The van der Waals surface area contributed by atoms with Crippen LogP contribution in [0.15, 0.2) is 30.3 Å². The minimum atomic E-state index is -0.314. The van der Waals surface area contributed by atoms with E-state index in [1.807, 2.05) is 37.3 Å². The molecule has 0 saturated carbocycles. The summed E-state index contributed by atoms with van der Waals surface area (Å²) in [5.74, 6) is -0.193. The van der Waals surface area contributed by atoms with Gasteiger partial charge in [0.05, 0.1) is 19.8 Å². The molecule has 0 bridgehead atoms. The molecule has 1 aliphatic rings. The zero-order valence-electron chi connectivity index (χ0n) is 13.8. The maximum Gasteiger partial charge on any atom is 0.323 e. The Hall–Kier alpha value is -1.43. The summed E-state index contributed by atoms with van der Waals surface area (Å²) in [5.41, 5.74) is 1.12. The lowest BCUT2D eigenvalue weighted by molar-refractivity contribution is -0.181. The number of hydrogen-bond donors (Lipinski definition) is 1. The van der Waals surface area contributed by atoms with Crippen LogP contribution < -0.4 is 5.32 Å². The number of nitrogens with one attached hydrogen (secondary N) is 1. The van der Waals surface area contributed by atoms with Crippen LogP contribution in [0, 0.1) is 0 Å². The molecule has 1 heterocycles. The lowest BCUT2D eigenvalue weighted by atomic mass is 10.1. The highest BCUT2D eigenvalue weighted by molar-refractivity contribution is 5.76. The summed E-state index contributed by atoms with van der Waals surface area (Å²) in [6, 6.07) is 9.67. The average Bonchev–Trinajstić information content (AvgIpc) is 2.59. The van der Waals surface area contributed by atoms with E-state index >= 15 is 0 Å². The molecule has 1 fully saturated rings. The van der Waals surface area contributed by atoms with Gasteiger partial charge in [-0.1, -0.05) is 30.3 Å². The van der Waals surface area contributed by atoms with Crippen molar-refractivity contribution in [3.8, 4) is 0 Å². The average molecular weight is 321 g/mol. The molecular formula is C18H27NO4. The number of esters is 1. The topological polar surface area (TPSA) is 56.8 Å². The predicted molar refractivity (Wildman–Crippen MR) is 88.1 cm³/mol. The third kappa shape index (κ3) is 6.69. The Bertz CT molecular complexity index is 446. The molecule has 5 nitrogen and oxygen atoms in total. The van der Waals surface area contributed by atoms with Gasteiger partial charge in [0.25, 0.3) is 0 Å². The molecule has 1 aromatic rings. The Morgan fingerprint density at radius 1 is 1.30 bits per heavy atom. The number of hydrogen-bond acceptors (Lipinski definition) is 5. The van der Waals surface area contributed by atoms with E-state index in [-0.39, 0.29) is 18.3 Å². The van der Waals surface area contributed by atoms with Crippen LogP contribution in [0.25, 0.3) is 0 Å². The van der Waals surface area contributed by atoms with Crippen LogP contribution in [0.5, 0.6) is 0 Å². The smallest absolute Gasteiger partial charge is 0.323 e. The molecule has 2 rings (SSSR count). The van der Waals surface area contributed by atoms with Gasteiger partial charge in [0, 0.05) is 0 Å². The van der Waals surface area contributed by atoms with E-state index in [4.69, 9.17) is 14.2 Å². The van der Waals surface area contributed by atoms with E-state index in [0.717, 1.165) is 44.6 Å². The van der Waals surface area contributed by atoms with Gasteiger partial charge in [0.2, 0.25) is 0 Å². The minimum Gasteiger partial charge on any atom is -0.465 e. The van der Waals surface area contributed by atoms with Crippen LogP contribution in [-0.4, -0.2) is 44.7 Å². The third-order valence-corrected chi connectivity index (χ3v) is 3.76. The highest BCUT2D eigenvalue weighted by atomic mass is 16.7. The quantitative estimate of drug-likeness (QED) is 0.559. The lowest BCUT2D eigenvalue weighted by Crippen LogP contribution is -2.40. The van der Waals surface area contributed by atoms with E-state index in [1.54, 1.807) is 0 Å². The first-order valence-electron chi connectivity index (χ1n) is 8.46. The highest BCUT2D eigenvalue weighted by Crippen LogP contribution is 2.10. The molecule has 23 heavy (non-hydrogen) atoms. The fourth-order valence-corrected chi connectivity index (χ4v) is 2.58. The molecule has 1 aliphatic heterocycles. The molecular weight excluding hydrogens is 294 g/mol. The monoisotopic (exact) mass is 321 g/mol. The van der Waals surface area contributed by atoms with E-state index in [1.165, 1.54) is 0 Å². The van der Waals surface area contributed by atoms with Gasteiger partial charge in [0.1, 0.15) is 6.04 Å². The standard InChI is InChI=1S/C18H27NO4/c1-2-21-18(20)16(14-15-8-4-3-5-9-15)19-11-6-10-17-22-12-7-13-23-17/h3-5,8-9,16-17,19H,2,6-7,10-14H2,1H3/t16-/m0/s1. The summed E-state index contributed by atoms with van der Waals surface area (Å²) in [6.45, 7) is 4.51. The van der Waals surface area contributed by atoms with Crippen molar-refractivity contribution in [2.45, 2.75) is 44.9 Å². The number of carbonyl (C=O) groups excluding carboxylic acids is 1. The van der Waals surface area contributed by atoms with Gasteiger partial charge in [-0.15, -0.1) is 0 Å². The number of ether oxygens (including phenoxy) is 3. The van der Waals surface area contributed by atoms with Crippen molar-refractivity contribution in [3.63, 3.8) is 0 Å². The first-order chi connectivity index (χ1) is 11.3. The van der Waals surface area contributed by atoms with Crippen molar-refractivity contribution >= 4 is 5.97 Å². The number of carbonyl (C=O) groups is 1. The van der Waals surface area contributed by atoms with Gasteiger partial charge >= 0.3 is 5.97 Å². The fraction of sp³-hybridized carbons (Fsp3) is 0.611. The van der Waals surface area contributed by atoms with Crippen LogP contribution in [0.3, 0.4) is 0 Å². The molecule has 0 radical (unpaired) electrons. The largest absolute Gasteiger partial charge is 0.465 e. The summed E-state index contributed by atoms with van der Waals surface area (Å²) in [6.07, 6.45) is 3.25. The third-order valence-electron chi connectivity index (χ3n) is 3.76. The summed E-state index contributed by atoms with van der Waals surface area (Å²) in [7, 11) is 0. The molecule has 1 N–H and O–H groups in total. The van der Waals surface area contributed by atoms with Crippen molar-refractivity contribution in [1.29, 1.82) is 0 Å². The van der Waals surface area contributed by atoms with Gasteiger partial charge < -0.3 is 19.5 Å². The zero-order valence-corrected chi connectivity index (χ0v) is 13.8. The molecule has 0 aromatic heterocycles. The van der Waals surface area contributed by atoms with Crippen molar-refractivity contribution in [2.24, 2.45) is 0 Å². The first-order valence-corrected chi connectivity index (χ1v) is 8.46. The van der Waals surface area contributed by atoms with Gasteiger partial charge in [-0.2, -0.15) is 0 Å². The minimum absolute atomic E-state index is 0.0966. The number of benzene rings is 1. The van der Waals surface area contributed by atoms with E-state index < -0.39 is 0 Å². The fourth-order valence-electron chi connectivity index (χ4n) is 2.58. The van der Waals surface area contributed by atoms with Gasteiger partial charge in [-0.3, -0.25) is 4.79 Å². The summed E-state index contributed by atoms with van der Waals surface area (Å²) in [5, 5.41) is 3.31. The molecule has 0 unspecified atom stereocenters. The highest BCUT2D eigenvalue weighted by Gasteiger charge is 2.20. The van der Waals surface area contributed by atoms with Crippen molar-refractivity contribution < 1.29 is 19.0 Å². The van der Waals surface area contributed by atoms with Crippen molar-refractivity contribution in [2.75, 3.05) is 26.4 Å². The Kier molecular flexibility index (Phi) is 8.07. The van der Waals surface area contributed by atoms with Crippen LogP contribution in [0.1, 0.15) is 31.7 Å². The normalized spacial score (nSPS) is 16.9. The zero-order chi connectivity index (χ0) is 16.3. The number of rotatable bonds is 9. The molecule has 0 aliphatic carbocycles. The molecule has 1 saturated heterocycles. The molecule has 5 heteroatoms. The maximum absolute atomic E-state index is 12.1. The summed E-state index contributed by atoms with van der Waals surface area (Å²) >= 11 is 0. The predicted octanol–water partition coefficient (Wildman–Crippen LogP) is 2.29. The Morgan fingerprint density at radius 2 is 2.04 bits per heavy atom.